The maximum absolute atomic E-state index is 1.72. The molecule has 0 radical (unpaired) electrons. The van der Waals surface area contributed by atoms with Crippen LogP contribution in [0.4, 0.5) is 0 Å². The third kappa shape index (κ3) is 6.30. The molecule has 0 aromatic heterocycles. The van der Waals surface area contributed by atoms with Crippen molar-refractivity contribution in [2.75, 3.05) is 0 Å². The topological polar surface area (TPSA) is 0 Å². The van der Waals surface area contributed by atoms with Crippen LogP contribution in [0.2, 0.25) is 0 Å². The zero-order valence-corrected chi connectivity index (χ0v) is 34.2. The van der Waals surface area contributed by atoms with Gasteiger partial charge in [0.1, 0.15) is 0 Å². The molecule has 0 aliphatic heterocycles. The average Bonchev–Trinajstić information content (AvgIpc) is 3.79. The molecule has 17 atom stereocenters. The van der Waals surface area contributed by atoms with Gasteiger partial charge >= 0.3 is 0 Å². The molecular weight excluding hydrogens is 625 g/mol. The van der Waals surface area contributed by atoms with Crippen molar-refractivity contribution in [1.82, 2.24) is 0 Å². The highest BCUT2D eigenvalue weighted by atomic mass is 14.6. The van der Waals surface area contributed by atoms with E-state index in [1.54, 1.807) is 205 Å². The van der Waals surface area contributed by atoms with E-state index in [0.717, 1.165) is 118 Å². The van der Waals surface area contributed by atoms with Crippen LogP contribution >= 0.6 is 0 Å². The van der Waals surface area contributed by atoms with Crippen molar-refractivity contribution in [3.05, 3.63) is 0 Å². The Kier molecular flexibility index (Phi) is 10.2. The lowest BCUT2D eigenvalue weighted by Crippen LogP contribution is -2.47. The summed E-state index contributed by atoms with van der Waals surface area (Å²) in [6.07, 6.45) is 51.9. The van der Waals surface area contributed by atoms with Crippen molar-refractivity contribution >= 4 is 0 Å². The second kappa shape index (κ2) is 15.1. The third-order valence-electron chi connectivity index (χ3n) is 22.2. The molecule has 11 aliphatic rings. The first-order valence-corrected chi connectivity index (χ1v) is 25.8. The number of fused-ring (bicyclic) bond motifs is 9. The molecule has 0 heterocycles. The van der Waals surface area contributed by atoms with Gasteiger partial charge < -0.3 is 0 Å². The van der Waals surface area contributed by atoms with Gasteiger partial charge in [-0.15, -0.1) is 0 Å². The van der Waals surface area contributed by atoms with Crippen molar-refractivity contribution in [1.29, 1.82) is 0 Å². The van der Waals surface area contributed by atoms with Crippen LogP contribution in [0, 0.1) is 118 Å². The van der Waals surface area contributed by atoms with Gasteiger partial charge in [-0.25, -0.2) is 0 Å². The highest BCUT2D eigenvalue weighted by Gasteiger charge is 2.59. The lowest BCUT2D eigenvalue weighted by atomic mass is 9.51. The number of rotatable bonds is 4. The Morgan fingerprint density at radius 1 is 0.154 bits per heavy atom. The summed E-state index contributed by atoms with van der Waals surface area (Å²) in [5, 5.41) is 0. The van der Waals surface area contributed by atoms with E-state index < -0.39 is 0 Å². The Balaban J connectivity index is 0.805. The summed E-state index contributed by atoms with van der Waals surface area (Å²) in [6, 6.07) is 0. The molecule has 0 nitrogen and oxygen atoms in total. The Hall–Kier alpha value is 0. The van der Waals surface area contributed by atoms with E-state index >= 15 is 0 Å². The summed E-state index contributed by atoms with van der Waals surface area (Å²) in [5.74, 6) is 22.7. The molecule has 0 bridgehead atoms. The van der Waals surface area contributed by atoms with Crippen LogP contribution in [-0.2, 0) is 0 Å². The molecule has 17 unspecified atom stereocenters. The van der Waals surface area contributed by atoms with Gasteiger partial charge in [0.25, 0.3) is 0 Å². The third-order valence-corrected chi connectivity index (χ3v) is 22.2. The van der Waals surface area contributed by atoms with E-state index in [1.807, 2.05) is 0 Å². The minimum absolute atomic E-state index is 1.11. The molecule has 0 heteroatoms. The quantitative estimate of drug-likeness (QED) is 0.273. The fraction of sp³-hybridized carbons (Fsp3) is 1.00. The first-order valence-electron chi connectivity index (χ1n) is 25.8. The van der Waals surface area contributed by atoms with Crippen molar-refractivity contribution in [3.8, 4) is 0 Å². The molecule has 0 spiro atoms. The zero-order valence-electron chi connectivity index (χ0n) is 34.2. The van der Waals surface area contributed by atoms with Crippen molar-refractivity contribution in [2.24, 2.45) is 118 Å². The monoisotopic (exact) mass is 709 g/mol. The fourth-order valence-corrected chi connectivity index (χ4v) is 20.4. The Labute approximate surface area is 322 Å². The maximum Gasteiger partial charge on any atom is -0.0321 e. The van der Waals surface area contributed by atoms with E-state index in [1.165, 1.54) is 0 Å². The highest BCUT2D eigenvalue weighted by molar-refractivity contribution is 5.08. The van der Waals surface area contributed by atoms with Crippen LogP contribution in [0.15, 0.2) is 0 Å². The molecule has 0 amide bonds. The van der Waals surface area contributed by atoms with Crippen LogP contribution in [0.25, 0.3) is 0 Å². The van der Waals surface area contributed by atoms with Gasteiger partial charge in [-0.3, -0.25) is 0 Å². The second-order valence-electron chi connectivity index (χ2n) is 23.6. The van der Waals surface area contributed by atoms with E-state index in [2.05, 4.69) is 0 Å². The molecule has 11 fully saturated rings. The zero-order chi connectivity index (χ0) is 34.2. The van der Waals surface area contributed by atoms with Crippen LogP contribution in [0.5, 0.6) is 0 Å². The molecule has 11 aliphatic carbocycles. The Bertz CT molecular complexity index is 1190. The summed E-state index contributed by atoms with van der Waals surface area (Å²) >= 11 is 0. The minimum atomic E-state index is 1.11. The lowest BCUT2D eigenvalue weighted by molar-refractivity contribution is -0.0527. The molecule has 52 heavy (non-hydrogen) atoms. The summed E-state index contributed by atoms with van der Waals surface area (Å²) in [4.78, 5) is 0. The smallest absolute Gasteiger partial charge is 0.0321 e. The Morgan fingerprint density at radius 3 is 1.29 bits per heavy atom. The largest absolute Gasteiger partial charge is 0.0533 e. The summed E-state index contributed by atoms with van der Waals surface area (Å²) in [5.41, 5.74) is 0. The Morgan fingerprint density at radius 2 is 0.558 bits per heavy atom. The maximum atomic E-state index is 1.72. The first kappa shape index (κ1) is 35.2. The number of hydrogen-bond donors (Lipinski definition) is 0. The number of hydrogen-bond acceptors (Lipinski definition) is 0. The fourth-order valence-electron chi connectivity index (χ4n) is 20.4. The molecule has 0 aromatic carbocycles. The molecule has 11 saturated carbocycles. The van der Waals surface area contributed by atoms with Crippen LogP contribution in [-0.4, -0.2) is 0 Å². The van der Waals surface area contributed by atoms with Crippen LogP contribution in [0.1, 0.15) is 205 Å². The standard InChI is InChI=1S/C52H84/c1-2-10-34(11-3-1)49-31-41(30-39-14-6-9-17-44(39)49)47-27-26-45(51-32-50-42-15-7-4-12-35(42)22-25-48(50)52(47)51)36-20-18-33(19-21-36)37-23-24-46-40(28-37)29-38-13-5-8-16-43(38)46/h33-52H,1-32H2. The molecule has 0 saturated heterocycles. The SMILES string of the molecule is C1CCC(C2CC(C3CCC(C4CCC(C5CCC6C(C5)CC5CCCCC56)CC4)C4CC5C6CCCCC6CCC5C34)CC3CCCCC32)CC1. The second-order valence-corrected chi connectivity index (χ2v) is 23.6. The van der Waals surface area contributed by atoms with Gasteiger partial charge in [0.15, 0.2) is 0 Å². The van der Waals surface area contributed by atoms with Gasteiger partial charge in [-0.1, -0.05) is 89.9 Å². The van der Waals surface area contributed by atoms with Crippen molar-refractivity contribution in [2.45, 2.75) is 205 Å². The average molecular weight is 709 g/mol. The summed E-state index contributed by atoms with van der Waals surface area (Å²) in [7, 11) is 0. The predicted molar refractivity (Wildman–Crippen MR) is 218 cm³/mol. The van der Waals surface area contributed by atoms with E-state index in [-0.39, 0.29) is 0 Å². The van der Waals surface area contributed by atoms with E-state index in [4.69, 9.17) is 0 Å². The van der Waals surface area contributed by atoms with E-state index in [9.17, 15) is 0 Å². The van der Waals surface area contributed by atoms with Crippen molar-refractivity contribution in [3.63, 3.8) is 0 Å². The highest BCUT2D eigenvalue weighted by Crippen LogP contribution is 2.67. The lowest BCUT2D eigenvalue weighted by Gasteiger charge is -2.55. The van der Waals surface area contributed by atoms with Crippen molar-refractivity contribution < 1.29 is 0 Å². The molecule has 0 aromatic rings. The minimum Gasteiger partial charge on any atom is -0.0533 e. The van der Waals surface area contributed by atoms with Gasteiger partial charge in [0.2, 0.25) is 0 Å². The normalized spacial score (nSPS) is 55.3. The first-order chi connectivity index (χ1) is 25.8. The molecular formula is C52H84. The van der Waals surface area contributed by atoms with Gasteiger partial charge in [-0.05, 0) is 234 Å². The van der Waals surface area contributed by atoms with E-state index in [0.29, 0.717) is 0 Å². The van der Waals surface area contributed by atoms with Gasteiger partial charge in [0, 0.05) is 0 Å². The van der Waals surface area contributed by atoms with Gasteiger partial charge in [-0.2, -0.15) is 0 Å². The van der Waals surface area contributed by atoms with Gasteiger partial charge in [0.05, 0.1) is 0 Å². The summed E-state index contributed by atoms with van der Waals surface area (Å²) < 4.78 is 0. The summed E-state index contributed by atoms with van der Waals surface area (Å²) in [6.45, 7) is 0. The van der Waals surface area contributed by atoms with Crippen LogP contribution in [0.3, 0.4) is 0 Å². The molecule has 292 valence electrons. The predicted octanol–water partition coefficient (Wildman–Crippen LogP) is 14.9. The molecule has 11 rings (SSSR count). The molecule has 0 N–H and O–H groups in total. The van der Waals surface area contributed by atoms with Crippen LogP contribution < -0.4 is 0 Å².